The minimum Gasteiger partial charge on any atom is -0.370 e. The van der Waals surface area contributed by atoms with Crippen LogP contribution in [-0.4, -0.2) is 31.4 Å². The monoisotopic (exact) mass is 241 g/mol. The van der Waals surface area contributed by atoms with Crippen molar-refractivity contribution in [3.05, 3.63) is 0 Å². The fourth-order valence-corrected chi connectivity index (χ4v) is 2.30. The van der Waals surface area contributed by atoms with Crippen LogP contribution in [0.3, 0.4) is 0 Å². The molecule has 0 aromatic carbocycles. The first-order chi connectivity index (χ1) is 8.10. The van der Waals surface area contributed by atoms with Crippen LogP contribution in [0.25, 0.3) is 0 Å². The predicted molar refractivity (Wildman–Crippen MR) is 66.3 cm³/mol. The van der Waals surface area contributed by atoms with E-state index in [0.717, 1.165) is 32.4 Å². The first-order valence-electron chi connectivity index (χ1n) is 6.38. The Morgan fingerprint density at radius 3 is 2.53 bits per heavy atom. The molecule has 1 fully saturated rings. The van der Waals surface area contributed by atoms with Crippen molar-refractivity contribution in [1.29, 1.82) is 0 Å². The second-order valence-corrected chi connectivity index (χ2v) is 4.71. The fourth-order valence-electron chi connectivity index (χ4n) is 2.30. The minimum atomic E-state index is -0.314. The van der Waals surface area contributed by atoms with Gasteiger partial charge in [-0.3, -0.25) is 9.59 Å². The van der Waals surface area contributed by atoms with E-state index >= 15 is 0 Å². The van der Waals surface area contributed by atoms with Crippen LogP contribution in [0, 0.1) is 5.41 Å². The van der Waals surface area contributed by atoms with E-state index in [4.69, 9.17) is 5.73 Å². The molecule has 5 nitrogen and oxygen atoms in total. The molecule has 1 rings (SSSR count). The van der Waals surface area contributed by atoms with Crippen LogP contribution in [-0.2, 0) is 9.59 Å². The van der Waals surface area contributed by atoms with Crippen molar-refractivity contribution < 1.29 is 9.59 Å². The SMILES string of the molecule is CCC1(C(=O)NCCCC(N)=O)CCNCC1. The standard InChI is InChI=1S/C12H23N3O2/c1-2-12(5-8-14-9-6-12)11(17)15-7-3-4-10(13)16/h14H,2-9H2,1H3,(H2,13,16)(H,15,17). The lowest BCUT2D eigenvalue weighted by atomic mass is 9.76. The Morgan fingerprint density at radius 2 is 2.00 bits per heavy atom. The van der Waals surface area contributed by atoms with Crippen molar-refractivity contribution >= 4 is 11.8 Å². The molecule has 0 bridgehead atoms. The zero-order valence-electron chi connectivity index (χ0n) is 10.6. The van der Waals surface area contributed by atoms with Gasteiger partial charge in [-0.05, 0) is 38.8 Å². The molecule has 4 N–H and O–H groups in total. The van der Waals surface area contributed by atoms with Gasteiger partial charge in [0.15, 0.2) is 0 Å². The highest BCUT2D eigenvalue weighted by Gasteiger charge is 2.37. The lowest BCUT2D eigenvalue weighted by Crippen LogP contribution is -2.47. The molecule has 1 heterocycles. The Kier molecular flexibility index (Phi) is 5.41. The van der Waals surface area contributed by atoms with E-state index in [-0.39, 0.29) is 17.2 Å². The van der Waals surface area contributed by atoms with Gasteiger partial charge in [0.05, 0.1) is 5.41 Å². The summed E-state index contributed by atoms with van der Waals surface area (Å²) in [4.78, 5) is 22.7. The number of nitrogens with one attached hydrogen (secondary N) is 2. The first-order valence-corrected chi connectivity index (χ1v) is 6.38. The molecule has 0 aromatic rings. The minimum absolute atomic E-state index is 0.131. The summed E-state index contributed by atoms with van der Waals surface area (Å²) in [6.45, 7) is 4.41. The third-order valence-corrected chi connectivity index (χ3v) is 3.60. The highest BCUT2D eigenvalue weighted by Crippen LogP contribution is 2.32. The Labute approximate surface area is 103 Å². The number of amides is 2. The van der Waals surface area contributed by atoms with Gasteiger partial charge in [0.25, 0.3) is 0 Å². The quantitative estimate of drug-likeness (QED) is 0.579. The second-order valence-electron chi connectivity index (χ2n) is 4.71. The third kappa shape index (κ3) is 4.00. The summed E-state index contributed by atoms with van der Waals surface area (Å²) in [5.74, 6) is -0.183. The van der Waals surface area contributed by atoms with Gasteiger partial charge in [0, 0.05) is 13.0 Å². The summed E-state index contributed by atoms with van der Waals surface area (Å²) in [6, 6.07) is 0. The van der Waals surface area contributed by atoms with Crippen LogP contribution < -0.4 is 16.4 Å². The van der Waals surface area contributed by atoms with Crippen molar-refractivity contribution in [3.63, 3.8) is 0 Å². The van der Waals surface area contributed by atoms with Crippen LogP contribution in [0.5, 0.6) is 0 Å². The summed E-state index contributed by atoms with van der Waals surface area (Å²) < 4.78 is 0. The Balaban J connectivity index is 2.36. The normalized spacial score (nSPS) is 18.6. The molecule has 0 unspecified atom stereocenters. The highest BCUT2D eigenvalue weighted by molar-refractivity contribution is 5.82. The summed E-state index contributed by atoms with van der Waals surface area (Å²) in [5.41, 5.74) is 4.83. The van der Waals surface area contributed by atoms with Gasteiger partial charge in [-0.15, -0.1) is 0 Å². The van der Waals surface area contributed by atoms with Gasteiger partial charge in [-0.25, -0.2) is 0 Å². The summed E-state index contributed by atoms with van der Waals surface area (Å²) >= 11 is 0. The second kappa shape index (κ2) is 6.59. The molecule has 0 radical (unpaired) electrons. The number of carbonyl (C=O) groups excluding carboxylic acids is 2. The molecule has 17 heavy (non-hydrogen) atoms. The summed E-state index contributed by atoms with van der Waals surface area (Å²) in [6.07, 6.45) is 3.62. The molecule has 0 atom stereocenters. The molecule has 0 aromatic heterocycles. The number of rotatable bonds is 6. The predicted octanol–water partition coefficient (Wildman–Crippen LogP) is 0.148. The van der Waals surface area contributed by atoms with E-state index < -0.39 is 0 Å². The molecule has 2 amide bonds. The molecule has 98 valence electrons. The number of piperidine rings is 1. The van der Waals surface area contributed by atoms with Gasteiger partial charge < -0.3 is 16.4 Å². The highest BCUT2D eigenvalue weighted by atomic mass is 16.2. The molecule has 1 aliphatic heterocycles. The van der Waals surface area contributed by atoms with Crippen LogP contribution in [0.15, 0.2) is 0 Å². The molecule has 1 saturated heterocycles. The van der Waals surface area contributed by atoms with Crippen LogP contribution in [0.4, 0.5) is 0 Å². The smallest absolute Gasteiger partial charge is 0.226 e. The van der Waals surface area contributed by atoms with Gasteiger partial charge in [0.1, 0.15) is 0 Å². The average molecular weight is 241 g/mol. The molecule has 0 spiro atoms. The number of hydrogen-bond donors (Lipinski definition) is 3. The number of nitrogens with two attached hydrogens (primary N) is 1. The maximum Gasteiger partial charge on any atom is 0.226 e. The molecule has 1 aliphatic rings. The van der Waals surface area contributed by atoms with Crippen molar-refractivity contribution in [3.8, 4) is 0 Å². The van der Waals surface area contributed by atoms with Gasteiger partial charge in [-0.1, -0.05) is 6.92 Å². The average Bonchev–Trinajstić information content (AvgIpc) is 2.35. The largest absolute Gasteiger partial charge is 0.370 e. The van der Waals surface area contributed by atoms with Gasteiger partial charge >= 0.3 is 0 Å². The third-order valence-electron chi connectivity index (χ3n) is 3.60. The Morgan fingerprint density at radius 1 is 1.35 bits per heavy atom. The molecule has 5 heteroatoms. The zero-order valence-corrected chi connectivity index (χ0v) is 10.6. The number of carbonyl (C=O) groups is 2. The maximum atomic E-state index is 12.1. The van der Waals surface area contributed by atoms with Crippen LogP contribution in [0.2, 0.25) is 0 Å². The van der Waals surface area contributed by atoms with E-state index in [1.54, 1.807) is 0 Å². The van der Waals surface area contributed by atoms with Crippen molar-refractivity contribution in [2.75, 3.05) is 19.6 Å². The lowest BCUT2D eigenvalue weighted by Gasteiger charge is -2.35. The maximum absolute atomic E-state index is 12.1. The van der Waals surface area contributed by atoms with Crippen molar-refractivity contribution in [2.45, 2.75) is 39.0 Å². The van der Waals surface area contributed by atoms with E-state index in [2.05, 4.69) is 17.6 Å². The summed E-state index contributed by atoms with van der Waals surface area (Å²) in [5, 5.41) is 6.19. The van der Waals surface area contributed by atoms with Crippen LogP contribution in [0.1, 0.15) is 39.0 Å². The van der Waals surface area contributed by atoms with E-state index in [9.17, 15) is 9.59 Å². The lowest BCUT2D eigenvalue weighted by molar-refractivity contribution is -0.133. The molecular formula is C12H23N3O2. The van der Waals surface area contributed by atoms with Crippen LogP contribution >= 0.6 is 0 Å². The molecule has 0 saturated carbocycles. The van der Waals surface area contributed by atoms with Crippen molar-refractivity contribution in [2.24, 2.45) is 11.1 Å². The number of primary amides is 1. The summed E-state index contributed by atoms with van der Waals surface area (Å²) in [7, 11) is 0. The van der Waals surface area contributed by atoms with E-state index in [0.29, 0.717) is 19.4 Å². The topological polar surface area (TPSA) is 84.2 Å². The van der Waals surface area contributed by atoms with E-state index in [1.807, 2.05) is 0 Å². The Bertz CT molecular complexity index is 273. The Hall–Kier alpha value is -1.10. The zero-order chi connectivity index (χ0) is 12.7. The van der Waals surface area contributed by atoms with Gasteiger partial charge in [0.2, 0.25) is 11.8 Å². The first kappa shape index (κ1) is 14.0. The van der Waals surface area contributed by atoms with E-state index in [1.165, 1.54) is 0 Å². The molecular weight excluding hydrogens is 218 g/mol. The fraction of sp³-hybridized carbons (Fsp3) is 0.833. The number of hydrogen-bond acceptors (Lipinski definition) is 3. The van der Waals surface area contributed by atoms with Crippen molar-refractivity contribution in [1.82, 2.24) is 10.6 Å². The van der Waals surface area contributed by atoms with Gasteiger partial charge in [-0.2, -0.15) is 0 Å². The molecule has 0 aliphatic carbocycles.